The van der Waals surface area contributed by atoms with Gasteiger partial charge in [0, 0.05) is 0 Å². The smallest absolute Gasteiger partial charge is 1.00 e. The monoisotopic (exact) mass is 383 g/mol. The standard InChI is InChI=1S/2C10H9.ClH.Zr/c2*1-8-6-9-4-2-3-5-10(9)7-8;;/h2*2-7H,1H3;1H;/q2*-1;;+2/p-1. The molecule has 0 aliphatic rings. The van der Waals surface area contributed by atoms with Crippen LogP contribution >= 0.6 is 0 Å². The summed E-state index contributed by atoms with van der Waals surface area (Å²) in [5.74, 6) is 0. The Morgan fingerprint density at radius 2 is 1.00 bits per heavy atom. The van der Waals surface area contributed by atoms with Crippen molar-refractivity contribution < 1.29 is 38.6 Å². The first-order valence-corrected chi connectivity index (χ1v) is 6.96. The summed E-state index contributed by atoms with van der Waals surface area (Å²) in [5, 5.41) is 5.39. The summed E-state index contributed by atoms with van der Waals surface area (Å²) in [6, 6.07) is 25.7. The third-order valence-corrected chi connectivity index (χ3v) is 3.52. The Bertz CT molecular complexity index is 701. The Balaban J connectivity index is 0.000000202. The summed E-state index contributed by atoms with van der Waals surface area (Å²) < 4.78 is 0. The first-order valence-electron chi connectivity index (χ1n) is 6.96. The van der Waals surface area contributed by atoms with Gasteiger partial charge < -0.3 is 12.4 Å². The minimum Gasteiger partial charge on any atom is -1.00 e. The molecule has 2 heteroatoms. The van der Waals surface area contributed by atoms with E-state index < -0.39 is 0 Å². The van der Waals surface area contributed by atoms with Gasteiger partial charge in [0.1, 0.15) is 0 Å². The van der Waals surface area contributed by atoms with Crippen LogP contribution in [0.4, 0.5) is 0 Å². The molecule has 0 atom stereocenters. The van der Waals surface area contributed by atoms with Crippen LogP contribution in [0.15, 0.2) is 72.8 Å². The zero-order valence-electron chi connectivity index (χ0n) is 12.8. The van der Waals surface area contributed by atoms with Crippen LogP contribution in [0, 0.1) is 13.8 Å². The maximum Gasteiger partial charge on any atom is 2.00 e. The van der Waals surface area contributed by atoms with Crippen LogP contribution in [0.3, 0.4) is 0 Å². The number of aryl methyl sites for hydroxylation is 2. The van der Waals surface area contributed by atoms with E-state index in [-0.39, 0.29) is 38.6 Å². The molecule has 0 aliphatic carbocycles. The number of hydrogen-bond donors (Lipinski definition) is 0. The fraction of sp³-hybridized carbons (Fsp3) is 0.100. The first-order chi connectivity index (χ1) is 9.72. The Kier molecular flexibility index (Phi) is 7.26. The number of rotatable bonds is 0. The zero-order chi connectivity index (χ0) is 13.9. The Labute approximate surface area is 157 Å². The number of benzene rings is 2. The van der Waals surface area contributed by atoms with E-state index in [0.717, 1.165) is 0 Å². The van der Waals surface area contributed by atoms with Gasteiger partial charge in [-0.25, -0.2) is 0 Å². The van der Waals surface area contributed by atoms with Gasteiger partial charge in [-0.2, -0.15) is 12.1 Å². The maximum atomic E-state index is 2.20. The van der Waals surface area contributed by atoms with E-state index in [9.17, 15) is 0 Å². The van der Waals surface area contributed by atoms with E-state index in [4.69, 9.17) is 0 Å². The van der Waals surface area contributed by atoms with Gasteiger partial charge in [-0.1, -0.05) is 26.0 Å². The van der Waals surface area contributed by atoms with Gasteiger partial charge in [0.15, 0.2) is 0 Å². The molecule has 0 bridgehead atoms. The van der Waals surface area contributed by atoms with E-state index >= 15 is 0 Å². The second kappa shape index (κ2) is 8.46. The van der Waals surface area contributed by atoms with E-state index in [1.165, 1.54) is 32.7 Å². The van der Waals surface area contributed by atoms with Crippen molar-refractivity contribution in [2.24, 2.45) is 0 Å². The molecule has 0 spiro atoms. The molecule has 0 saturated carbocycles. The topological polar surface area (TPSA) is 0 Å². The van der Waals surface area contributed by atoms with Crippen molar-refractivity contribution in [2.45, 2.75) is 13.8 Å². The normalized spacial score (nSPS) is 9.55. The molecule has 4 aromatic carbocycles. The molecular formula is C20H18ClZr-. The number of halogens is 1. The van der Waals surface area contributed by atoms with Crippen LogP contribution in [-0.2, 0) is 26.2 Å². The largest absolute Gasteiger partial charge is 2.00 e. The summed E-state index contributed by atoms with van der Waals surface area (Å²) in [4.78, 5) is 0. The quantitative estimate of drug-likeness (QED) is 0.409. The Hall–Kier alpha value is -1.17. The fourth-order valence-corrected chi connectivity index (χ4v) is 2.61. The second-order valence-electron chi connectivity index (χ2n) is 5.32. The SMILES string of the molecule is Cc1cc2ccccc2[cH-]1.Cc1cc2ccccc2[cH-]1.[Cl-].[Zr+2]. The second-order valence-corrected chi connectivity index (χ2v) is 5.32. The van der Waals surface area contributed by atoms with E-state index in [1.54, 1.807) is 0 Å². The van der Waals surface area contributed by atoms with Crippen molar-refractivity contribution >= 4 is 21.5 Å². The van der Waals surface area contributed by atoms with Crippen LogP contribution in [0.5, 0.6) is 0 Å². The molecule has 4 rings (SSSR count). The summed E-state index contributed by atoms with van der Waals surface area (Å²) in [5.41, 5.74) is 2.70. The van der Waals surface area contributed by atoms with Crippen molar-refractivity contribution in [3.05, 3.63) is 83.9 Å². The number of hydrogen-bond acceptors (Lipinski definition) is 0. The van der Waals surface area contributed by atoms with Gasteiger partial charge in [-0.3, -0.25) is 0 Å². The summed E-state index contributed by atoms with van der Waals surface area (Å²) in [7, 11) is 0. The molecule has 0 saturated heterocycles. The Morgan fingerprint density at radius 3 is 1.36 bits per heavy atom. The molecule has 0 nitrogen and oxygen atoms in total. The zero-order valence-corrected chi connectivity index (χ0v) is 16.0. The molecule has 0 aliphatic heterocycles. The average molecular weight is 385 g/mol. The average Bonchev–Trinajstić information content (AvgIpc) is 2.99. The van der Waals surface area contributed by atoms with E-state index in [0.29, 0.717) is 0 Å². The third kappa shape index (κ3) is 4.41. The molecule has 0 amide bonds. The van der Waals surface area contributed by atoms with E-state index in [1.807, 2.05) is 0 Å². The van der Waals surface area contributed by atoms with Gasteiger partial charge in [-0.05, 0) is 0 Å². The van der Waals surface area contributed by atoms with Crippen LogP contribution in [0.25, 0.3) is 21.5 Å². The van der Waals surface area contributed by atoms with Crippen LogP contribution in [0.1, 0.15) is 11.1 Å². The minimum absolute atomic E-state index is 0. The summed E-state index contributed by atoms with van der Waals surface area (Å²) in [6.07, 6.45) is 0. The van der Waals surface area contributed by atoms with Gasteiger partial charge >= 0.3 is 26.2 Å². The van der Waals surface area contributed by atoms with Crippen LogP contribution in [-0.4, -0.2) is 0 Å². The number of fused-ring (bicyclic) bond motifs is 2. The maximum absolute atomic E-state index is 2.20. The minimum atomic E-state index is 0. The summed E-state index contributed by atoms with van der Waals surface area (Å²) in [6.45, 7) is 4.25. The molecule has 0 unspecified atom stereocenters. The molecule has 0 fully saturated rings. The van der Waals surface area contributed by atoms with E-state index in [2.05, 4.69) is 86.6 Å². The van der Waals surface area contributed by atoms with Crippen LogP contribution in [0.2, 0.25) is 0 Å². The molecule has 0 aromatic heterocycles. The Morgan fingerprint density at radius 1 is 0.636 bits per heavy atom. The van der Waals surface area contributed by atoms with Crippen LogP contribution < -0.4 is 12.4 Å². The van der Waals surface area contributed by atoms with Gasteiger partial charge in [0.05, 0.1) is 0 Å². The molecular weight excluding hydrogens is 367 g/mol. The van der Waals surface area contributed by atoms with Crippen molar-refractivity contribution in [3.8, 4) is 0 Å². The third-order valence-electron chi connectivity index (χ3n) is 3.52. The van der Waals surface area contributed by atoms with Crippen molar-refractivity contribution in [1.82, 2.24) is 0 Å². The molecule has 0 radical (unpaired) electrons. The molecule has 110 valence electrons. The van der Waals surface area contributed by atoms with Gasteiger partial charge in [-0.15, -0.1) is 81.2 Å². The molecule has 22 heavy (non-hydrogen) atoms. The fourth-order valence-electron chi connectivity index (χ4n) is 2.61. The molecule has 0 heterocycles. The predicted molar refractivity (Wildman–Crippen MR) is 88.6 cm³/mol. The molecule has 0 N–H and O–H groups in total. The molecule has 4 aromatic rings. The van der Waals surface area contributed by atoms with Crippen molar-refractivity contribution in [2.75, 3.05) is 0 Å². The predicted octanol–water partition coefficient (Wildman–Crippen LogP) is 2.74. The van der Waals surface area contributed by atoms with Crippen molar-refractivity contribution in [1.29, 1.82) is 0 Å². The van der Waals surface area contributed by atoms with Gasteiger partial charge in [0.2, 0.25) is 0 Å². The first kappa shape index (κ1) is 18.9. The van der Waals surface area contributed by atoms with Crippen molar-refractivity contribution in [3.63, 3.8) is 0 Å². The summed E-state index contributed by atoms with van der Waals surface area (Å²) >= 11 is 0. The van der Waals surface area contributed by atoms with Gasteiger partial charge in [0.25, 0.3) is 0 Å².